The summed E-state index contributed by atoms with van der Waals surface area (Å²) in [5.41, 5.74) is 0.959. The molecule has 138 valence electrons. The molecule has 0 bridgehead atoms. The number of ether oxygens (including phenoxy) is 3. The molecule has 27 heavy (non-hydrogen) atoms. The van der Waals surface area contributed by atoms with E-state index in [1.54, 1.807) is 62.8 Å². The maximum atomic E-state index is 12.4. The smallest absolute Gasteiger partial charge is 0.255 e. The number of anilines is 1. The van der Waals surface area contributed by atoms with E-state index in [1.165, 1.54) is 12.3 Å². The molecule has 0 unspecified atom stereocenters. The summed E-state index contributed by atoms with van der Waals surface area (Å²) in [6, 6.07) is 15.3. The Balaban J connectivity index is 1.81. The van der Waals surface area contributed by atoms with Crippen LogP contribution < -0.4 is 19.5 Å². The Kier molecular flexibility index (Phi) is 5.78. The van der Waals surface area contributed by atoms with E-state index < -0.39 is 0 Å². The summed E-state index contributed by atoms with van der Waals surface area (Å²) < 4.78 is 16.4. The second kappa shape index (κ2) is 8.42. The first-order valence-electron chi connectivity index (χ1n) is 8.02. The summed E-state index contributed by atoms with van der Waals surface area (Å²) in [7, 11) is 3.15. The fraction of sp³-hybridized carbons (Fsp3) is 0.100. The number of hydrogen-bond acceptors (Lipinski definition) is 5. The number of carbonyl (C=O) groups is 1. The van der Waals surface area contributed by atoms with Crippen molar-refractivity contribution in [2.45, 2.75) is 0 Å². The first-order valence-corrected chi connectivity index (χ1v) is 8.39. The molecule has 0 spiro atoms. The molecule has 3 rings (SSSR count). The first kappa shape index (κ1) is 18.5. The SMILES string of the molecule is COc1ccc(Oc2cc(NC(=O)c3ccnc(Cl)c3)ccc2OC)cc1. The Bertz CT molecular complexity index is 945. The van der Waals surface area contributed by atoms with Crippen LogP contribution in [-0.4, -0.2) is 25.1 Å². The van der Waals surface area contributed by atoms with E-state index in [9.17, 15) is 4.79 Å². The molecule has 0 saturated carbocycles. The average Bonchev–Trinajstić information content (AvgIpc) is 2.69. The molecule has 1 heterocycles. The van der Waals surface area contributed by atoms with Crippen molar-refractivity contribution in [3.8, 4) is 23.0 Å². The lowest BCUT2D eigenvalue weighted by atomic mass is 10.2. The van der Waals surface area contributed by atoms with Crippen LogP contribution in [0.1, 0.15) is 10.4 Å². The monoisotopic (exact) mass is 384 g/mol. The maximum Gasteiger partial charge on any atom is 0.255 e. The van der Waals surface area contributed by atoms with Crippen LogP contribution in [0.4, 0.5) is 5.69 Å². The van der Waals surface area contributed by atoms with Gasteiger partial charge in [0.1, 0.15) is 16.7 Å². The van der Waals surface area contributed by atoms with Crippen LogP contribution in [0.2, 0.25) is 5.15 Å². The van der Waals surface area contributed by atoms with Gasteiger partial charge in [-0.15, -0.1) is 0 Å². The molecule has 7 heteroatoms. The van der Waals surface area contributed by atoms with Crippen LogP contribution in [0.15, 0.2) is 60.8 Å². The second-order valence-electron chi connectivity index (χ2n) is 5.46. The number of methoxy groups -OCH3 is 2. The normalized spacial score (nSPS) is 10.2. The third kappa shape index (κ3) is 4.68. The molecule has 0 fully saturated rings. The number of nitrogens with one attached hydrogen (secondary N) is 1. The summed E-state index contributed by atoms with van der Waals surface area (Å²) in [5, 5.41) is 3.05. The molecule has 0 aliphatic carbocycles. The summed E-state index contributed by atoms with van der Waals surface area (Å²) in [4.78, 5) is 16.2. The van der Waals surface area contributed by atoms with Crippen molar-refractivity contribution in [3.63, 3.8) is 0 Å². The number of benzene rings is 2. The molecule has 0 atom stereocenters. The summed E-state index contributed by atoms with van der Waals surface area (Å²) in [5.74, 6) is 2.04. The Hall–Kier alpha value is -3.25. The summed E-state index contributed by atoms with van der Waals surface area (Å²) in [6.07, 6.45) is 1.48. The van der Waals surface area contributed by atoms with Crippen LogP contribution in [-0.2, 0) is 0 Å². The van der Waals surface area contributed by atoms with Gasteiger partial charge in [-0.05, 0) is 48.5 Å². The molecule has 1 N–H and O–H groups in total. The van der Waals surface area contributed by atoms with Gasteiger partial charge in [0, 0.05) is 23.5 Å². The zero-order valence-corrected chi connectivity index (χ0v) is 15.5. The van der Waals surface area contributed by atoms with Gasteiger partial charge in [-0.1, -0.05) is 11.6 Å². The third-order valence-corrected chi connectivity index (χ3v) is 3.90. The van der Waals surface area contributed by atoms with E-state index in [2.05, 4.69) is 10.3 Å². The molecule has 0 saturated heterocycles. The molecule has 2 aromatic carbocycles. The van der Waals surface area contributed by atoms with Gasteiger partial charge in [-0.3, -0.25) is 4.79 Å². The maximum absolute atomic E-state index is 12.4. The minimum absolute atomic E-state index is 0.251. The summed E-state index contributed by atoms with van der Waals surface area (Å²) >= 11 is 5.83. The van der Waals surface area contributed by atoms with Crippen LogP contribution in [0.3, 0.4) is 0 Å². The molecule has 3 aromatic rings. The topological polar surface area (TPSA) is 69.7 Å². The predicted molar refractivity (Wildman–Crippen MR) is 103 cm³/mol. The largest absolute Gasteiger partial charge is 0.497 e. The number of hydrogen-bond donors (Lipinski definition) is 1. The Morgan fingerprint density at radius 1 is 0.926 bits per heavy atom. The Morgan fingerprint density at radius 2 is 1.67 bits per heavy atom. The Labute approximate surface area is 161 Å². The van der Waals surface area contributed by atoms with Gasteiger partial charge in [0.2, 0.25) is 0 Å². The Morgan fingerprint density at radius 3 is 2.33 bits per heavy atom. The minimum atomic E-state index is -0.306. The van der Waals surface area contributed by atoms with Crippen molar-refractivity contribution in [1.29, 1.82) is 0 Å². The number of rotatable bonds is 6. The van der Waals surface area contributed by atoms with Gasteiger partial charge in [0.15, 0.2) is 11.5 Å². The van der Waals surface area contributed by atoms with Crippen molar-refractivity contribution in [3.05, 3.63) is 71.5 Å². The quantitative estimate of drug-likeness (QED) is 0.618. The molecule has 0 radical (unpaired) electrons. The molecule has 1 amide bonds. The van der Waals surface area contributed by atoms with E-state index in [-0.39, 0.29) is 11.1 Å². The lowest BCUT2D eigenvalue weighted by Crippen LogP contribution is -2.12. The van der Waals surface area contributed by atoms with E-state index in [1.807, 2.05) is 0 Å². The van der Waals surface area contributed by atoms with Crippen molar-refractivity contribution >= 4 is 23.2 Å². The van der Waals surface area contributed by atoms with E-state index >= 15 is 0 Å². The lowest BCUT2D eigenvalue weighted by molar-refractivity contribution is 0.102. The number of pyridine rings is 1. The van der Waals surface area contributed by atoms with Crippen LogP contribution >= 0.6 is 11.6 Å². The molecular weight excluding hydrogens is 368 g/mol. The van der Waals surface area contributed by atoms with Gasteiger partial charge >= 0.3 is 0 Å². The van der Waals surface area contributed by atoms with Crippen molar-refractivity contribution in [2.24, 2.45) is 0 Å². The number of amides is 1. The molecule has 6 nitrogen and oxygen atoms in total. The predicted octanol–water partition coefficient (Wildman–Crippen LogP) is 4.80. The van der Waals surface area contributed by atoms with E-state index in [0.29, 0.717) is 28.5 Å². The van der Waals surface area contributed by atoms with E-state index in [0.717, 1.165) is 5.75 Å². The highest BCUT2D eigenvalue weighted by molar-refractivity contribution is 6.29. The lowest BCUT2D eigenvalue weighted by Gasteiger charge is -2.13. The van der Waals surface area contributed by atoms with Crippen LogP contribution in [0.5, 0.6) is 23.0 Å². The van der Waals surface area contributed by atoms with Crippen LogP contribution in [0.25, 0.3) is 0 Å². The second-order valence-corrected chi connectivity index (χ2v) is 5.85. The van der Waals surface area contributed by atoms with Gasteiger partial charge < -0.3 is 19.5 Å². The van der Waals surface area contributed by atoms with Crippen molar-refractivity contribution in [2.75, 3.05) is 19.5 Å². The van der Waals surface area contributed by atoms with Crippen molar-refractivity contribution in [1.82, 2.24) is 4.98 Å². The van der Waals surface area contributed by atoms with Gasteiger partial charge in [-0.2, -0.15) is 0 Å². The number of halogens is 1. The van der Waals surface area contributed by atoms with Gasteiger partial charge in [0.25, 0.3) is 5.91 Å². The van der Waals surface area contributed by atoms with E-state index in [4.69, 9.17) is 25.8 Å². The zero-order chi connectivity index (χ0) is 19.2. The highest BCUT2D eigenvalue weighted by atomic mass is 35.5. The minimum Gasteiger partial charge on any atom is -0.497 e. The van der Waals surface area contributed by atoms with Gasteiger partial charge in [-0.25, -0.2) is 4.98 Å². The molecule has 1 aromatic heterocycles. The molecule has 0 aliphatic rings. The number of carbonyl (C=O) groups excluding carboxylic acids is 1. The molecule has 0 aliphatic heterocycles. The van der Waals surface area contributed by atoms with Crippen molar-refractivity contribution < 1.29 is 19.0 Å². The fourth-order valence-electron chi connectivity index (χ4n) is 2.35. The fourth-order valence-corrected chi connectivity index (χ4v) is 2.53. The average molecular weight is 385 g/mol. The molecular formula is C20H17ClN2O4. The zero-order valence-electron chi connectivity index (χ0n) is 14.7. The highest BCUT2D eigenvalue weighted by Crippen LogP contribution is 2.34. The third-order valence-electron chi connectivity index (χ3n) is 3.70. The highest BCUT2D eigenvalue weighted by Gasteiger charge is 2.11. The summed E-state index contributed by atoms with van der Waals surface area (Å²) in [6.45, 7) is 0. The van der Waals surface area contributed by atoms with Crippen LogP contribution in [0, 0.1) is 0 Å². The standard InChI is InChI=1S/C20H17ClN2O4/c1-25-15-4-6-16(7-5-15)27-18-12-14(3-8-17(18)26-2)23-20(24)13-9-10-22-19(21)11-13/h3-12H,1-2H3,(H,23,24). The number of aromatic nitrogens is 1. The first-order chi connectivity index (χ1) is 13.1. The number of nitrogens with zero attached hydrogens (tertiary/aromatic N) is 1. The van der Waals surface area contributed by atoms with Gasteiger partial charge in [0.05, 0.1) is 14.2 Å².